The maximum absolute atomic E-state index is 12.7. The number of hydrogen-bond acceptors (Lipinski definition) is 7. The molecule has 1 amide bonds. The van der Waals surface area contributed by atoms with Crippen LogP contribution in [0, 0.1) is 0 Å². The van der Waals surface area contributed by atoms with Gasteiger partial charge in [-0.15, -0.1) is 21.5 Å². The number of hydrogen-bond donors (Lipinski definition) is 1. The van der Waals surface area contributed by atoms with Crippen LogP contribution in [0.25, 0.3) is 0 Å². The summed E-state index contributed by atoms with van der Waals surface area (Å²) in [6, 6.07) is -0.158. The molecule has 0 spiro atoms. The van der Waals surface area contributed by atoms with Gasteiger partial charge in [0.1, 0.15) is 6.04 Å². The van der Waals surface area contributed by atoms with Crippen LogP contribution in [0.5, 0.6) is 0 Å². The molecule has 0 aliphatic carbocycles. The van der Waals surface area contributed by atoms with Gasteiger partial charge in [-0.3, -0.25) is 4.79 Å². The van der Waals surface area contributed by atoms with Crippen molar-refractivity contribution in [2.45, 2.75) is 25.8 Å². The number of aromatic amines is 1. The minimum atomic E-state index is -0.158. The molecular weight excluding hydrogens is 302 g/mol. The van der Waals surface area contributed by atoms with Gasteiger partial charge >= 0.3 is 0 Å². The molecule has 1 atom stereocenters. The van der Waals surface area contributed by atoms with Gasteiger partial charge in [-0.2, -0.15) is 5.21 Å². The standard InChI is InChI=1S/C13H19N7OS/c1-3-11-14-9(8-22-11)6-12(21)20-5-4-19(2)7-10(20)13-15-17-18-16-13/h8,10H,3-7H2,1-2H3,(H,15,16,17,18). The van der Waals surface area contributed by atoms with Crippen molar-refractivity contribution >= 4 is 17.2 Å². The van der Waals surface area contributed by atoms with Crippen molar-refractivity contribution in [2.75, 3.05) is 26.7 Å². The molecule has 3 heterocycles. The number of likely N-dealkylation sites (N-methyl/N-ethyl adjacent to an activating group) is 1. The largest absolute Gasteiger partial charge is 0.329 e. The highest BCUT2D eigenvalue weighted by atomic mass is 32.1. The molecule has 1 fully saturated rings. The van der Waals surface area contributed by atoms with E-state index in [1.165, 1.54) is 0 Å². The number of carbonyl (C=O) groups is 1. The number of nitrogens with one attached hydrogen (secondary N) is 1. The summed E-state index contributed by atoms with van der Waals surface area (Å²) in [5.41, 5.74) is 0.845. The van der Waals surface area contributed by atoms with Gasteiger partial charge < -0.3 is 9.80 Å². The minimum Gasteiger partial charge on any atom is -0.329 e. The zero-order valence-corrected chi connectivity index (χ0v) is 13.5. The van der Waals surface area contributed by atoms with E-state index in [9.17, 15) is 4.79 Å². The smallest absolute Gasteiger partial charge is 0.229 e. The Kier molecular flexibility index (Phi) is 4.44. The third kappa shape index (κ3) is 3.14. The molecule has 0 aromatic carbocycles. The SMILES string of the molecule is CCc1nc(CC(=O)N2CCN(C)CC2c2nn[nH]n2)cs1. The van der Waals surface area contributed by atoms with Gasteiger partial charge in [-0.05, 0) is 13.5 Å². The first kappa shape index (κ1) is 15.0. The van der Waals surface area contributed by atoms with E-state index in [0.29, 0.717) is 25.3 Å². The number of rotatable bonds is 4. The lowest BCUT2D eigenvalue weighted by atomic mass is 10.1. The molecule has 2 aromatic rings. The number of nitrogens with zero attached hydrogens (tertiary/aromatic N) is 6. The lowest BCUT2D eigenvalue weighted by molar-refractivity contribution is -0.135. The van der Waals surface area contributed by atoms with Crippen molar-refractivity contribution in [3.8, 4) is 0 Å². The predicted molar refractivity (Wildman–Crippen MR) is 81.3 cm³/mol. The van der Waals surface area contributed by atoms with Crippen molar-refractivity contribution in [2.24, 2.45) is 0 Å². The quantitative estimate of drug-likeness (QED) is 0.869. The van der Waals surface area contributed by atoms with Crippen molar-refractivity contribution in [1.82, 2.24) is 35.4 Å². The second-order valence-corrected chi connectivity index (χ2v) is 6.34. The number of piperazine rings is 1. The molecule has 9 heteroatoms. The average molecular weight is 321 g/mol. The normalized spacial score (nSPS) is 19.5. The Morgan fingerprint density at radius 2 is 2.36 bits per heavy atom. The summed E-state index contributed by atoms with van der Waals surface area (Å²) in [5.74, 6) is 0.628. The van der Waals surface area contributed by atoms with Crippen molar-refractivity contribution in [3.63, 3.8) is 0 Å². The first-order valence-corrected chi connectivity index (χ1v) is 8.20. The zero-order valence-electron chi connectivity index (χ0n) is 12.7. The number of amides is 1. The Hall–Kier alpha value is -1.87. The van der Waals surface area contributed by atoms with Crippen molar-refractivity contribution < 1.29 is 4.79 Å². The summed E-state index contributed by atoms with van der Waals surface area (Å²) < 4.78 is 0. The first-order chi connectivity index (χ1) is 10.7. The molecule has 2 aromatic heterocycles. The molecule has 0 saturated carbocycles. The second-order valence-electron chi connectivity index (χ2n) is 5.40. The third-order valence-electron chi connectivity index (χ3n) is 3.80. The second kappa shape index (κ2) is 6.49. The third-order valence-corrected chi connectivity index (χ3v) is 4.84. The Morgan fingerprint density at radius 1 is 1.50 bits per heavy atom. The summed E-state index contributed by atoms with van der Waals surface area (Å²) in [7, 11) is 2.03. The van der Waals surface area contributed by atoms with E-state index in [1.54, 1.807) is 11.3 Å². The van der Waals surface area contributed by atoms with Crippen LogP contribution < -0.4 is 0 Å². The van der Waals surface area contributed by atoms with Crippen molar-refractivity contribution in [3.05, 3.63) is 21.9 Å². The summed E-state index contributed by atoms with van der Waals surface area (Å²) in [5, 5.41) is 17.2. The molecule has 0 radical (unpaired) electrons. The highest BCUT2D eigenvalue weighted by Crippen LogP contribution is 2.23. The van der Waals surface area contributed by atoms with E-state index >= 15 is 0 Å². The molecule has 118 valence electrons. The molecule has 1 N–H and O–H groups in total. The van der Waals surface area contributed by atoms with Crippen LogP contribution in [-0.2, 0) is 17.6 Å². The van der Waals surface area contributed by atoms with Gasteiger partial charge in [0.25, 0.3) is 0 Å². The summed E-state index contributed by atoms with van der Waals surface area (Å²) in [6.45, 7) is 4.29. The van der Waals surface area contributed by atoms with E-state index in [1.807, 2.05) is 17.3 Å². The summed E-state index contributed by atoms with van der Waals surface area (Å²) >= 11 is 1.61. The van der Waals surface area contributed by atoms with Crippen LogP contribution in [0.15, 0.2) is 5.38 Å². The van der Waals surface area contributed by atoms with Gasteiger partial charge in [0, 0.05) is 25.0 Å². The van der Waals surface area contributed by atoms with Gasteiger partial charge in [0.15, 0.2) is 5.82 Å². The zero-order chi connectivity index (χ0) is 15.5. The maximum atomic E-state index is 12.7. The number of aryl methyl sites for hydroxylation is 1. The van der Waals surface area contributed by atoms with Crippen molar-refractivity contribution in [1.29, 1.82) is 0 Å². The number of H-pyrrole nitrogens is 1. The molecule has 22 heavy (non-hydrogen) atoms. The van der Waals surface area contributed by atoms with Gasteiger partial charge in [-0.1, -0.05) is 12.1 Å². The fourth-order valence-corrected chi connectivity index (χ4v) is 3.34. The van der Waals surface area contributed by atoms with Crippen LogP contribution in [-0.4, -0.2) is 68.0 Å². The molecule has 1 saturated heterocycles. The highest BCUT2D eigenvalue weighted by Gasteiger charge is 2.33. The number of tetrazole rings is 1. The van der Waals surface area contributed by atoms with E-state index in [4.69, 9.17) is 0 Å². The van der Waals surface area contributed by atoms with E-state index in [0.717, 1.165) is 23.7 Å². The molecule has 8 nitrogen and oxygen atoms in total. The van der Waals surface area contributed by atoms with Crippen LogP contribution in [0.4, 0.5) is 0 Å². The Bertz CT molecular complexity index is 626. The Balaban J connectivity index is 1.74. The van der Waals surface area contributed by atoms with E-state index in [2.05, 4.69) is 37.4 Å². The number of carbonyl (C=O) groups excluding carboxylic acids is 1. The monoisotopic (exact) mass is 321 g/mol. The van der Waals surface area contributed by atoms with Crippen LogP contribution in [0.3, 0.4) is 0 Å². The topological polar surface area (TPSA) is 90.9 Å². The highest BCUT2D eigenvalue weighted by molar-refractivity contribution is 7.09. The molecule has 1 aliphatic rings. The molecule has 0 bridgehead atoms. The van der Waals surface area contributed by atoms with Gasteiger partial charge in [-0.25, -0.2) is 4.98 Å². The average Bonchev–Trinajstić information content (AvgIpc) is 3.18. The lowest BCUT2D eigenvalue weighted by Gasteiger charge is -2.38. The molecule has 1 aliphatic heterocycles. The Labute approximate surface area is 132 Å². The molecule has 3 rings (SSSR count). The van der Waals surface area contributed by atoms with Crippen LogP contribution >= 0.6 is 11.3 Å². The van der Waals surface area contributed by atoms with Crippen LogP contribution in [0.1, 0.15) is 29.5 Å². The fraction of sp³-hybridized carbons (Fsp3) is 0.615. The summed E-state index contributed by atoms with van der Waals surface area (Å²) in [6.07, 6.45) is 1.23. The minimum absolute atomic E-state index is 0.0656. The molecular formula is C13H19N7OS. The Morgan fingerprint density at radius 3 is 3.05 bits per heavy atom. The number of thiazole rings is 1. The maximum Gasteiger partial charge on any atom is 0.229 e. The number of aromatic nitrogens is 5. The van der Waals surface area contributed by atoms with Gasteiger partial charge in [0.05, 0.1) is 17.1 Å². The van der Waals surface area contributed by atoms with Crippen LogP contribution in [0.2, 0.25) is 0 Å². The fourth-order valence-electron chi connectivity index (χ4n) is 2.60. The van der Waals surface area contributed by atoms with E-state index < -0.39 is 0 Å². The summed E-state index contributed by atoms with van der Waals surface area (Å²) in [4.78, 5) is 21.2. The predicted octanol–water partition coefficient (Wildman–Crippen LogP) is 0.276. The van der Waals surface area contributed by atoms with Gasteiger partial charge in [0.2, 0.25) is 5.91 Å². The molecule has 1 unspecified atom stereocenters. The first-order valence-electron chi connectivity index (χ1n) is 7.32. The lowest BCUT2D eigenvalue weighted by Crippen LogP contribution is -2.50. The van der Waals surface area contributed by atoms with E-state index in [-0.39, 0.29) is 11.9 Å².